The minimum absolute atomic E-state index is 0.155. The van der Waals surface area contributed by atoms with Crippen molar-refractivity contribution in [2.75, 3.05) is 0 Å². The van der Waals surface area contributed by atoms with Crippen molar-refractivity contribution in [3.63, 3.8) is 0 Å². The number of halogens is 1. The SMILES string of the molecule is Cc1cc(F)cc2c(=O)cc(C(=O)O)[nH]c12. The van der Waals surface area contributed by atoms with Crippen molar-refractivity contribution < 1.29 is 14.3 Å². The Labute approximate surface area is 89.3 Å². The minimum Gasteiger partial charge on any atom is -0.477 e. The first-order valence-corrected chi connectivity index (χ1v) is 4.55. The lowest BCUT2D eigenvalue weighted by Gasteiger charge is -2.03. The Kier molecular flexibility index (Phi) is 2.23. The van der Waals surface area contributed by atoms with Crippen LogP contribution in [-0.4, -0.2) is 16.1 Å². The topological polar surface area (TPSA) is 70.2 Å². The van der Waals surface area contributed by atoms with Crippen molar-refractivity contribution >= 4 is 16.9 Å². The van der Waals surface area contributed by atoms with E-state index in [1.54, 1.807) is 6.92 Å². The van der Waals surface area contributed by atoms with Gasteiger partial charge in [-0.25, -0.2) is 9.18 Å². The van der Waals surface area contributed by atoms with Gasteiger partial charge in [0, 0.05) is 11.5 Å². The summed E-state index contributed by atoms with van der Waals surface area (Å²) in [6, 6.07) is 3.28. The first-order valence-electron chi connectivity index (χ1n) is 4.55. The van der Waals surface area contributed by atoms with E-state index in [1.165, 1.54) is 6.07 Å². The van der Waals surface area contributed by atoms with Gasteiger partial charge in [-0.1, -0.05) is 0 Å². The molecule has 2 N–H and O–H groups in total. The summed E-state index contributed by atoms with van der Waals surface area (Å²) in [5.41, 5.74) is 0.141. The first-order chi connectivity index (χ1) is 7.49. The van der Waals surface area contributed by atoms with Crippen LogP contribution in [0.2, 0.25) is 0 Å². The summed E-state index contributed by atoms with van der Waals surface area (Å²) in [4.78, 5) is 24.9. The smallest absolute Gasteiger partial charge is 0.352 e. The maximum Gasteiger partial charge on any atom is 0.352 e. The Hall–Kier alpha value is -2.17. The third-order valence-corrected chi connectivity index (χ3v) is 2.33. The molecule has 0 radical (unpaired) electrons. The van der Waals surface area contributed by atoms with E-state index >= 15 is 0 Å². The summed E-state index contributed by atoms with van der Waals surface area (Å²) in [5, 5.41) is 8.93. The molecule has 0 atom stereocenters. The normalized spacial score (nSPS) is 10.6. The largest absolute Gasteiger partial charge is 0.477 e. The van der Waals surface area contributed by atoms with Gasteiger partial charge < -0.3 is 10.1 Å². The quantitative estimate of drug-likeness (QED) is 0.769. The van der Waals surface area contributed by atoms with Crippen molar-refractivity contribution in [2.45, 2.75) is 6.92 Å². The van der Waals surface area contributed by atoms with Gasteiger partial charge in [-0.3, -0.25) is 4.79 Å². The Balaban J connectivity index is 2.93. The van der Waals surface area contributed by atoms with E-state index in [2.05, 4.69) is 4.98 Å². The van der Waals surface area contributed by atoms with Crippen molar-refractivity contribution in [1.29, 1.82) is 0 Å². The number of hydrogen-bond donors (Lipinski definition) is 2. The number of rotatable bonds is 1. The molecule has 0 amide bonds. The molecular formula is C11H8FNO3. The van der Waals surface area contributed by atoms with Crippen LogP contribution in [0.25, 0.3) is 10.9 Å². The average Bonchev–Trinajstić information content (AvgIpc) is 2.19. The standard InChI is InChI=1S/C11H8FNO3/c1-5-2-6(12)3-7-9(14)4-8(11(15)16)13-10(5)7/h2-4H,1H3,(H,13,14)(H,15,16). The van der Waals surface area contributed by atoms with Crippen molar-refractivity contribution in [2.24, 2.45) is 0 Å². The maximum atomic E-state index is 13.1. The number of nitrogens with one attached hydrogen (secondary N) is 1. The highest BCUT2D eigenvalue weighted by molar-refractivity contribution is 5.90. The lowest BCUT2D eigenvalue weighted by Crippen LogP contribution is -2.10. The molecule has 4 nitrogen and oxygen atoms in total. The molecule has 0 bridgehead atoms. The summed E-state index contributed by atoms with van der Waals surface area (Å²) in [5.74, 6) is -1.73. The van der Waals surface area contributed by atoms with E-state index < -0.39 is 17.2 Å². The number of carboxylic acids is 1. The summed E-state index contributed by atoms with van der Waals surface area (Å²) >= 11 is 0. The zero-order valence-electron chi connectivity index (χ0n) is 8.37. The second-order valence-corrected chi connectivity index (χ2v) is 3.50. The molecule has 0 spiro atoms. The van der Waals surface area contributed by atoms with E-state index in [1.807, 2.05) is 0 Å². The number of H-pyrrole nitrogens is 1. The number of aromatic nitrogens is 1. The zero-order valence-corrected chi connectivity index (χ0v) is 8.37. The molecule has 1 aromatic carbocycles. The monoisotopic (exact) mass is 221 g/mol. The summed E-state index contributed by atoms with van der Waals surface area (Å²) in [7, 11) is 0. The molecular weight excluding hydrogens is 213 g/mol. The lowest BCUT2D eigenvalue weighted by molar-refractivity contribution is 0.0691. The molecule has 0 fully saturated rings. The second-order valence-electron chi connectivity index (χ2n) is 3.50. The number of pyridine rings is 1. The van der Waals surface area contributed by atoms with Gasteiger partial charge in [0.05, 0.1) is 5.52 Å². The van der Waals surface area contributed by atoms with E-state index in [4.69, 9.17) is 5.11 Å². The van der Waals surface area contributed by atoms with Gasteiger partial charge >= 0.3 is 5.97 Å². The molecule has 2 aromatic rings. The van der Waals surface area contributed by atoms with Crippen LogP contribution >= 0.6 is 0 Å². The molecule has 0 aliphatic heterocycles. The minimum atomic E-state index is -1.22. The maximum absolute atomic E-state index is 13.1. The molecule has 82 valence electrons. The molecule has 1 aromatic heterocycles. The number of fused-ring (bicyclic) bond motifs is 1. The molecule has 2 rings (SSSR count). The highest BCUT2D eigenvalue weighted by Crippen LogP contribution is 2.15. The molecule has 0 aliphatic rings. The number of carboxylic acid groups (broad SMARTS) is 1. The van der Waals surface area contributed by atoms with Crippen molar-refractivity contribution in [1.82, 2.24) is 4.98 Å². The van der Waals surface area contributed by atoms with Crippen LogP contribution in [0.3, 0.4) is 0 Å². The Morgan fingerprint density at radius 2 is 2.06 bits per heavy atom. The van der Waals surface area contributed by atoms with Crippen LogP contribution in [0.1, 0.15) is 16.1 Å². The summed E-state index contributed by atoms with van der Waals surface area (Å²) in [6.45, 7) is 1.60. The fraction of sp³-hybridized carbons (Fsp3) is 0.0909. The Bertz CT molecular complexity index is 645. The van der Waals surface area contributed by atoms with Gasteiger partial charge in [0.2, 0.25) is 0 Å². The van der Waals surface area contributed by atoms with Crippen LogP contribution < -0.4 is 5.43 Å². The van der Waals surface area contributed by atoms with E-state index in [0.29, 0.717) is 11.1 Å². The predicted octanol–water partition coefficient (Wildman–Crippen LogP) is 1.67. The number of aromatic carboxylic acids is 1. The lowest BCUT2D eigenvalue weighted by atomic mass is 10.1. The van der Waals surface area contributed by atoms with E-state index in [9.17, 15) is 14.0 Å². The number of aryl methyl sites for hydroxylation is 1. The van der Waals surface area contributed by atoms with Gasteiger partial charge in [-0.05, 0) is 24.6 Å². The number of carbonyl (C=O) groups is 1. The van der Waals surface area contributed by atoms with Crippen LogP contribution in [-0.2, 0) is 0 Å². The fourth-order valence-electron chi connectivity index (χ4n) is 1.60. The molecule has 1 heterocycles. The summed E-state index contributed by atoms with van der Waals surface area (Å²) in [6.07, 6.45) is 0. The van der Waals surface area contributed by atoms with Crippen LogP contribution in [0.4, 0.5) is 4.39 Å². The molecule has 0 aliphatic carbocycles. The van der Waals surface area contributed by atoms with Crippen LogP contribution in [0, 0.1) is 12.7 Å². The predicted molar refractivity (Wildman–Crippen MR) is 56.2 cm³/mol. The van der Waals surface area contributed by atoms with E-state index in [0.717, 1.165) is 12.1 Å². The van der Waals surface area contributed by atoms with Gasteiger partial charge in [0.1, 0.15) is 11.5 Å². The van der Waals surface area contributed by atoms with Gasteiger partial charge in [0.15, 0.2) is 5.43 Å². The van der Waals surface area contributed by atoms with Gasteiger partial charge in [-0.15, -0.1) is 0 Å². The van der Waals surface area contributed by atoms with Gasteiger partial charge in [0.25, 0.3) is 0 Å². The zero-order chi connectivity index (χ0) is 11.9. The average molecular weight is 221 g/mol. The highest BCUT2D eigenvalue weighted by atomic mass is 19.1. The molecule has 0 saturated carbocycles. The molecule has 5 heteroatoms. The third kappa shape index (κ3) is 1.56. The Morgan fingerprint density at radius 1 is 1.38 bits per heavy atom. The molecule has 0 saturated heterocycles. The van der Waals surface area contributed by atoms with Crippen molar-refractivity contribution in [3.8, 4) is 0 Å². The van der Waals surface area contributed by atoms with Crippen molar-refractivity contribution in [3.05, 3.63) is 45.5 Å². The molecule has 0 unspecified atom stereocenters. The molecule has 16 heavy (non-hydrogen) atoms. The van der Waals surface area contributed by atoms with Crippen LogP contribution in [0.5, 0.6) is 0 Å². The fourth-order valence-corrected chi connectivity index (χ4v) is 1.60. The third-order valence-electron chi connectivity index (χ3n) is 2.33. The van der Waals surface area contributed by atoms with E-state index in [-0.39, 0.29) is 11.1 Å². The number of aromatic amines is 1. The highest BCUT2D eigenvalue weighted by Gasteiger charge is 2.10. The number of benzene rings is 1. The Morgan fingerprint density at radius 3 is 2.69 bits per heavy atom. The number of hydrogen-bond acceptors (Lipinski definition) is 2. The first kappa shape index (κ1) is 10.4. The van der Waals surface area contributed by atoms with Gasteiger partial charge in [-0.2, -0.15) is 0 Å². The summed E-state index contributed by atoms with van der Waals surface area (Å²) < 4.78 is 13.1. The second kappa shape index (κ2) is 3.44. The van der Waals surface area contributed by atoms with Crippen LogP contribution in [0.15, 0.2) is 23.0 Å².